The molecule has 2 heterocycles. The van der Waals surface area contributed by atoms with E-state index in [1.54, 1.807) is 6.07 Å². The Morgan fingerprint density at radius 3 is 2.83 bits per heavy atom. The maximum absolute atomic E-state index is 9.24. The monoisotopic (exact) mass is 346 g/mol. The third kappa shape index (κ3) is 4.06. The van der Waals surface area contributed by atoms with Crippen LogP contribution in [0.3, 0.4) is 0 Å². The van der Waals surface area contributed by atoms with E-state index in [1.807, 2.05) is 18.2 Å². The van der Waals surface area contributed by atoms with Crippen LogP contribution in [0.15, 0.2) is 28.7 Å². The minimum absolute atomic E-state index is 0.247. The smallest absolute Gasteiger partial charge is 0.232 e. The number of rotatable bonds is 6. The number of hydrogen-bond acceptors (Lipinski definition) is 6. The zero-order valence-electron chi connectivity index (χ0n) is 13.3. The Morgan fingerprint density at radius 1 is 1.29 bits per heavy atom. The molecule has 1 saturated heterocycles. The highest BCUT2D eigenvalue weighted by molar-refractivity contribution is 6.33. The lowest BCUT2D eigenvalue weighted by molar-refractivity contribution is 0.0378. The predicted molar refractivity (Wildman–Crippen MR) is 92.0 cm³/mol. The normalized spacial score (nSPS) is 15.2. The van der Waals surface area contributed by atoms with Crippen LogP contribution in [0.5, 0.6) is 0 Å². The molecule has 0 radical (unpaired) electrons. The van der Waals surface area contributed by atoms with Gasteiger partial charge in [0.15, 0.2) is 0 Å². The Kier molecular flexibility index (Phi) is 5.70. The van der Waals surface area contributed by atoms with Crippen molar-refractivity contribution >= 4 is 17.5 Å². The van der Waals surface area contributed by atoms with Crippen LogP contribution in [0.1, 0.15) is 12.1 Å². The summed E-state index contributed by atoms with van der Waals surface area (Å²) in [6.45, 7) is 5.25. The molecule has 7 heteroatoms. The van der Waals surface area contributed by atoms with Gasteiger partial charge in [-0.05, 0) is 25.1 Å². The first-order valence-electron chi connectivity index (χ1n) is 7.97. The van der Waals surface area contributed by atoms with Crippen LogP contribution in [-0.2, 0) is 4.74 Å². The number of morpholine rings is 1. The fourth-order valence-corrected chi connectivity index (χ4v) is 2.81. The van der Waals surface area contributed by atoms with E-state index in [2.05, 4.69) is 21.3 Å². The van der Waals surface area contributed by atoms with Crippen molar-refractivity contribution in [3.8, 4) is 17.5 Å². The standard InChI is InChI=1S/C17H19ClN4O2/c18-14-5-2-1-4-13(14)16-21-15(12-19)17(24-16)20-6-3-7-22-8-10-23-11-9-22/h1-2,4-5,20H,3,6-11H2. The molecular formula is C17H19ClN4O2. The summed E-state index contributed by atoms with van der Waals surface area (Å²) in [5.74, 6) is 0.752. The molecule has 1 aromatic heterocycles. The lowest BCUT2D eigenvalue weighted by atomic mass is 10.2. The number of aromatic nitrogens is 1. The number of nitrogens with zero attached hydrogens (tertiary/aromatic N) is 3. The number of anilines is 1. The quantitative estimate of drug-likeness (QED) is 0.810. The molecule has 0 spiro atoms. The van der Waals surface area contributed by atoms with Crippen molar-refractivity contribution in [2.45, 2.75) is 6.42 Å². The molecule has 1 N–H and O–H groups in total. The average Bonchev–Trinajstić information content (AvgIpc) is 3.03. The number of nitrogens with one attached hydrogen (secondary N) is 1. The Labute approximate surface area is 146 Å². The number of nitriles is 1. The van der Waals surface area contributed by atoms with Crippen molar-refractivity contribution in [3.63, 3.8) is 0 Å². The largest absolute Gasteiger partial charge is 0.419 e. The lowest BCUT2D eigenvalue weighted by Gasteiger charge is -2.26. The fraction of sp³-hybridized carbons (Fsp3) is 0.412. The SMILES string of the molecule is N#Cc1nc(-c2ccccc2Cl)oc1NCCCN1CCOCC1. The minimum Gasteiger partial charge on any atom is -0.419 e. The predicted octanol–water partition coefficient (Wildman–Crippen LogP) is 3.00. The Bertz CT molecular complexity index is 720. The molecule has 2 aromatic rings. The number of hydrogen-bond donors (Lipinski definition) is 1. The van der Waals surface area contributed by atoms with Crippen molar-refractivity contribution in [2.75, 3.05) is 44.7 Å². The van der Waals surface area contributed by atoms with E-state index in [1.165, 1.54) is 0 Å². The van der Waals surface area contributed by atoms with E-state index >= 15 is 0 Å². The summed E-state index contributed by atoms with van der Waals surface area (Å²) in [4.78, 5) is 6.59. The summed E-state index contributed by atoms with van der Waals surface area (Å²) in [6.07, 6.45) is 0.951. The summed E-state index contributed by atoms with van der Waals surface area (Å²) in [5, 5.41) is 12.9. The first-order valence-corrected chi connectivity index (χ1v) is 8.35. The number of benzene rings is 1. The van der Waals surface area contributed by atoms with Gasteiger partial charge < -0.3 is 14.5 Å². The van der Waals surface area contributed by atoms with Crippen LogP contribution in [0, 0.1) is 11.3 Å². The van der Waals surface area contributed by atoms with Gasteiger partial charge in [-0.1, -0.05) is 23.7 Å². The maximum Gasteiger partial charge on any atom is 0.232 e. The van der Waals surface area contributed by atoms with Gasteiger partial charge in [0.2, 0.25) is 17.5 Å². The van der Waals surface area contributed by atoms with Gasteiger partial charge in [0.25, 0.3) is 0 Å². The van der Waals surface area contributed by atoms with E-state index in [4.69, 9.17) is 20.8 Å². The number of ether oxygens (including phenoxy) is 1. The fourth-order valence-electron chi connectivity index (χ4n) is 2.59. The molecule has 0 saturated carbocycles. The van der Waals surface area contributed by atoms with Crippen molar-refractivity contribution in [1.29, 1.82) is 5.26 Å². The van der Waals surface area contributed by atoms with Crippen LogP contribution in [0.25, 0.3) is 11.5 Å². The zero-order chi connectivity index (χ0) is 16.8. The van der Waals surface area contributed by atoms with Gasteiger partial charge in [-0.25, -0.2) is 0 Å². The summed E-state index contributed by atoms with van der Waals surface area (Å²) in [5.41, 5.74) is 0.924. The average molecular weight is 347 g/mol. The van der Waals surface area contributed by atoms with Crippen LogP contribution >= 0.6 is 11.6 Å². The third-order valence-corrected chi connectivity index (χ3v) is 4.21. The van der Waals surface area contributed by atoms with Gasteiger partial charge in [0.1, 0.15) is 6.07 Å². The third-order valence-electron chi connectivity index (χ3n) is 3.88. The van der Waals surface area contributed by atoms with Gasteiger partial charge in [0, 0.05) is 19.6 Å². The van der Waals surface area contributed by atoms with Gasteiger partial charge in [-0.15, -0.1) is 0 Å². The molecule has 0 bridgehead atoms. The summed E-state index contributed by atoms with van der Waals surface area (Å²) >= 11 is 6.16. The molecule has 1 aliphatic heterocycles. The van der Waals surface area contributed by atoms with Crippen LogP contribution in [-0.4, -0.2) is 49.3 Å². The van der Waals surface area contributed by atoms with Crippen LogP contribution in [0.4, 0.5) is 5.88 Å². The molecule has 1 fully saturated rings. The summed E-state index contributed by atoms with van der Waals surface area (Å²) in [6, 6.07) is 9.33. The molecule has 0 unspecified atom stereocenters. The number of oxazole rings is 1. The summed E-state index contributed by atoms with van der Waals surface area (Å²) in [7, 11) is 0. The Morgan fingerprint density at radius 2 is 2.08 bits per heavy atom. The van der Waals surface area contributed by atoms with Gasteiger partial charge >= 0.3 is 0 Å². The van der Waals surface area contributed by atoms with Crippen molar-refractivity contribution in [3.05, 3.63) is 35.0 Å². The molecule has 3 rings (SSSR count). The maximum atomic E-state index is 9.24. The molecule has 1 aliphatic rings. The molecule has 0 amide bonds. The van der Waals surface area contributed by atoms with Crippen molar-refractivity contribution < 1.29 is 9.15 Å². The zero-order valence-corrected chi connectivity index (χ0v) is 14.1. The molecular weight excluding hydrogens is 328 g/mol. The van der Waals surface area contributed by atoms with E-state index in [0.717, 1.165) is 39.3 Å². The van der Waals surface area contributed by atoms with Crippen LogP contribution in [0.2, 0.25) is 5.02 Å². The lowest BCUT2D eigenvalue weighted by Crippen LogP contribution is -2.37. The van der Waals surface area contributed by atoms with Gasteiger partial charge in [-0.2, -0.15) is 10.2 Å². The minimum atomic E-state index is 0.247. The van der Waals surface area contributed by atoms with Gasteiger partial charge in [-0.3, -0.25) is 4.90 Å². The second-order valence-corrected chi connectivity index (χ2v) is 5.93. The second-order valence-electron chi connectivity index (χ2n) is 5.52. The Balaban J connectivity index is 1.59. The van der Waals surface area contributed by atoms with Crippen molar-refractivity contribution in [2.24, 2.45) is 0 Å². The second kappa shape index (κ2) is 8.15. The topological polar surface area (TPSA) is 74.3 Å². The van der Waals surface area contributed by atoms with Crippen molar-refractivity contribution in [1.82, 2.24) is 9.88 Å². The van der Waals surface area contributed by atoms with E-state index < -0.39 is 0 Å². The van der Waals surface area contributed by atoms with E-state index in [0.29, 0.717) is 28.9 Å². The molecule has 0 aliphatic carbocycles. The number of halogens is 1. The molecule has 24 heavy (non-hydrogen) atoms. The molecule has 1 aromatic carbocycles. The van der Waals surface area contributed by atoms with Gasteiger partial charge in [0.05, 0.1) is 23.8 Å². The molecule has 126 valence electrons. The van der Waals surface area contributed by atoms with E-state index in [-0.39, 0.29) is 5.69 Å². The van der Waals surface area contributed by atoms with Crippen LogP contribution < -0.4 is 5.32 Å². The summed E-state index contributed by atoms with van der Waals surface area (Å²) < 4.78 is 11.0. The highest BCUT2D eigenvalue weighted by Gasteiger charge is 2.16. The Hall–Kier alpha value is -2.07. The van der Waals surface area contributed by atoms with E-state index in [9.17, 15) is 5.26 Å². The first-order chi connectivity index (χ1) is 11.8. The highest BCUT2D eigenvalue weighted by atomic mass is 35.5. The molecule has 0 atom stereocenters. The molecule has 6 nitrogen and oxygen atoms in total. The highest BCUT2D eigenvalue weighted by Crippen LogP contribution is 2.30. The first kappa shape index (κ1) is 16.8.